The van der Waals surface area contributed by atoms with E-state index in [9.17, 15) is 14.7 Å². The van der Waals surface area contributed by atoms with Crippen molar-refractivity contribution < 1.29 is 14.7 Å². The maximum Gasteiger partial charge on any atom is 0.194 e. The number of Topliss-reactive ketones (excluding diaryl/α,β-unsaturated/α-hetero) is 1. The largest absolute Gasteiger partial charge is 0.382 e. The fraction of sp³-hybridized carbons (Fsp3) is 0.263. The van der Waals surface area contributed by atoms with E-state index in [2.05, 4.69) is 0 Å². The molecule has 1 N–H and O–H groups in total. The van der Waals surface area contributed by atoms with Crippen LogP contribution < -0.4 is 0 Å². The first kappa shape index (κ1) is 16.1. The first-order valence-corrected chi connectivity index (χ1v) is 7.49. The number of ketones is 2. The second-order valence-electron chi connectivity index (χ2n) is 5.34. The lowest BCUT2D eigenvalue weighted by atomic mass is 9.87. The minimum Gasteiger partial charge on any atom is -0.382 e. The monoisotopic (exact) mass is 296 g/mol. The normalized spacial score (nSPS) is 11.2. The van der Waals surface area contributed by atoms with Gasteiger partial charge < -0.3 is 5.11 Å². The molecule has 2 aromatic rings. The quantitative estimate of drug-likeness (QED) is 0.828. The lowest BCUT2D eigenvalue weighted by Crippen LogP contribution is -2.37. The molecular weight excluding hydrogens is 276 g/mol. The molecule has 0 saturated carbocycles. The summed E-state index contributed by atoms with van der Waals surface area (Å²) >= 11 is 0. The van der Waals surface area contributed by atoms with Crippen molar-refractivity contribution in [3.05, 3.63) is 71.3 Å². The lowest BCUT2D eigenvalue weighted by Gasteiger charge is -2.23. The summed E-state index contributed by atoms with van der Waals surface area (Å²) in [5.74, 6) is -0.378. The Hall–Kier alpha value is -2.26. The van der Waals surface area contributed by atoms with Gasteiger partial charge in [0.1, 0.15) is 5.60 Å². The Kier molecular flexibility index (Phi) is 4.88. The Morgan fingerprint density at radius 1 is 0.818 bits per heavy atom. The van der Waals surface area contributed by atoms with E-state index in [4.69, 9.17) is 0 Å². The summed E-state index contributed by atoms with van der Waals surface area (Å²) in [7, 11) is 0. The third-order valence-electron chi connectivity index (χ3n) is 4.04. The van der Waals surface area contributed by atoms with Gasteiger partial charge in [-0.2, -0.15) is 0 Å². The standard InChI is InChI=1S/C19H20O3/c1-3-19(22,4-2)18(21)16-12-10-15(11-13-16)17(20)14-8-6-5-7-9-14/h5-13,22H,3-4H2,1-2H3. The van der Waals surface area contributed by atoms with Gasteiger partial charge in [0.25, 0.3) is 0 Å². The second-order valence-corrected chi connectivity index (χ2v) is 5.34. The molecule has 0 saturated heterocycles. The summed E-state index contributed by atoms with van der Waals surface area (Å²) < 4.78 is 0. The van der Waals surface area contributed by atoms with Gasteiger partial charge in [0.15, 0.2) is 11.6 Å². The summed E-state index contributed by atoms with van der Waals surface area (Å²) in [4.78, 5) is 24.6. The van der Waals surface area contributed by atoms with Crippen LogP contribution in [-0.2, 0) is 0 Å². The zero-order valence-electron chi connectivity index (χ0n) is 12.9. The number of carbonyl (C=O) groups excluding carboxylic acids is 2. The minimum absolute atomic E-state index is 0.0826. The predicted octanol–water partition coefficient (Wildman–Crippen LogP) is 3.65. The van der Waals surface area contributed by atoms with Gasteiger partial charge in [0.2, 0.25) is 0 Å². The molecule has 22 heavy (non-hydrogen) atoms. The number of aliphatic hydroxyl groups is 1. The highest BCUT2D eigenvalue weighted by molar-refractivity contribution is 6.09. The Balaban J connectivity index is 2.24. The molecule has 0 atom stereocenters. The Morgan fingerprint density at radius 2 is 1.27 bits per heavy atom. The highest BCUT2D eigenvalue weighted by Crippen LogP contribution is 2.22. The molecule has 2 aromatic carbocycles. The summed E-state index contributed by atoms with van der Waals surface area (Å²) in [5.41, 5.74) is 0.237. The molecule has 0 bridgehead atoms. The Bertz CT molecular complexity index is 653. The van der Waals surface area contributed by atoms with Crippen LogP contribution in [0.2, 0.25) is 0 Å². The molecule has 0 unspecified atom stereocenters. The topological polar surface area (TPSA) is 54.4 Å². The van der Waals surface area contributed by atoms with Crippen molar-refractivity contribution in [2.45, 2.75) is 32.3 Å². The highest BCUT2D eigenvalue weighted by atomic mass is 16.3. The van der Waals surface area contributed by atoms with Gasteiger partial charge in [-0.15, -0.1) is 0 Å². The van der Waals surface area contributed by atoms with E-state index in [0.717, 1.165) is 0 Å². The first-order valence-electron chi connectivity index (χ1n) is 7.49. The van der Waals surface area contributed by atoms with E-state index in [1.54, 1.807) is 50.2 Å². The zero-order valence-corrected chi connectivity index (χ0v) is 12.9. The maximum atomic E-state index is 12.3. The van der Waals surface area contributed by atoms with Crippen LogP contribution in [0.1, 0.15) is 53.0 Å². The molecule has 0 amide bonds. The van der Waals surface area contributed by atoms with Crippen molar-refractivity contribution in [2.75, 3.05) is 0 Å². The van der Waals surface area contributed by atoms with Crippen LogP contribution in [0.3, 0.4) is 0 Å². The lowest BCUT2D eigenvalue weighted by molar-refractivity contribution is 0.0277. The van der Waals surface area contributed by atoms with Gasteiger partial charge in [0.05, 0.1) is 0 Å². The van der Waals surface area contributed by atoms with E-state index < -0.39 is 5.60 Å². The van der Waals surface area contributed by atoms with Crippen LogP contribution in [0.25, 0.3) is 0 Å². The van der Waals surface area contributed by atoms with Crippen LogP contribution in [0.15, 0.2) is 54.6 Å². The molecule has 0 aromatic heterocycles. The third kappa shape index (κ3) is 3.15. The fourth-order valence-electron chi connectivity index (χ4n) is 2.37. The summed E-state index contributed by atoms with van der Waals surface area (Å²) in [6, 6.07) is 15.5. The van der Waals surface area contributed by atoms with Crippen molar-refractivity contribution in [3.8, 4) is 0 Å². The van der Waals surface area contributed by atoms with Crippen molar-refractivity contribution in [3.63, 3.8) is 0 Å². The van der Waals surface area contributed by atoms with Crippen LogP contribution in [0, 0.1) is 0 Å². The van der Waals surface area contributed by atoms with Crippen LogP contribution in [0.5, 0.6) is 0 Å². The van der Waals surface area contributed by atoms with Crippen molar-refractivity contribution >= 4 is 11.6 Å². The highest BCUT2D eigenvalue weighted by Gasteiger charge is 2.32. The maximum absolute atomic E-state index is 12.3. The minimum atomic E-state index is -1.33. The average Bonchev–Trinajstić information content (AvgIpc) is 2.60. The molecule has 0 radical (unpaired) electrons. The van der Waals surface area contributed by atoms with Crippen molar-refractivity contribution in [1.29, 1.82) is 0 Å². The molecule has 0 aliphatic heterocycles. The number of hydrogen-bond donors (Lipinski definition) is 1. The first-order chi connectivity index (χ1) is 10.5. The SMILES string of the molecule is CCC(O)(CC)C(=O)c1ccc(C(=O)c2ccccc2)cc1. The molecule has 114 valence electrons. The fourth-order valence-corrected chi connectivity index (χ4v) is 2.37. The van der Waals surface area contributed by atoms with Gasteiger partial charge in [0, 0.05) is 16.7 Å². The van der Waals surface area contributed by atoms with Gasteiger partial charge in [-0.1, -0.05) is 68.4 Å². The van der Waals surface area contributed by atoms with E-state index in [-0.39, 0.29) is 11.6 Å². The number of carbonyl (C=O) groups is 2. The van der Waals surface area contributed by atoms with E-state index in [1.165, 1.54) is 0 Å². The van der Waals surface area contributed by atoms with E-state index in [1.807, 2.05) is 18.2 Å². The van der Waals surface area contributed by atoms with E-state index >= 15 is 0 Å². The zero-order chi connectivity index (χ0) is 16.2. The number of benzene rings is 2. The summed E-state index contributed by atoms with van der Waals surface area (Å²) in [6.07, 6.45) is 0.736. The number of hydrogen-bond acceptors (Lipinski definition) is 3. The van der Waals surface area contributed by atoms with Crippen molar-refractivity contribution in [1.82, 2.24) is 0 Å². The van der Waals surface area contributed by atoms with Gasteiger partial charge >= 0.3 is 0 Å². The molecule has 0 heterocycles. The molecule has 0 aliphatic rings. The van der Waals surface area contributed by atoms with Crippen LogP contribution in [0.4, 0.5) is 0 Å². The molecule has 2 rings (SSSR count). The van der Waals surface area contributed by atoms with Gasteiger partial charge in [-0.3, -0.25) is 9.59 Å². The Morgan fingerprint density at radius 3 is 1.77 bits per heavy atom. The molecule has 0 spiro atoms. The average molecular weight is 296 g/mol. The van der Waals surface area contributed by atoms with Gasteiger partial charge in [-0.05, 0) is 12.8 Å². The van der Waals surface area contributed by atoms with Crippen LogP contribution >= 0.6 is 0 Å². The number of rotatable bonds is 6. The molecule has 0 aliphatic carbocycles. The smallest absolute Gasteiger partial charge is 0.194 e. The molecule has 0 fully saturated rings. The molecular formula is C19H20O3. The summed E-state index contributed by atoms with van der Waals surface area (Å²) in [5, 5.41) is 10.3. The Labute approximate surface area is 130 Å². The molecule has 3 nitrogen and oxygen atoms in total. The van der Waals surface area contributed by atoms with Crippen LogP contribution in [-0.4, -0.2) is 22.3 Å². The predicted molar refractivity (Wildman–Crippen MR) is 86.2 cm³/mol. The van der Waals surface area contributed by atoms with Gasteiger partial charge in [-0.25, -0.2) is 0 Å². The second kappa shape index (κ2) is 6.67. The van der Waals surface area contributed by atoms with E-state index in [0.29, 0.717) is 29.5 Å². The summed E-state index contributed by atoms with van der Waals surface area (Å²) in [6.45, 7) is 3.57. The van der Waals surface area contributed by atoms with Crippen molar-refractivity contribution in [2.24, 2.45) is 0 Å². The molecule has 3 heteroatoms. The third-order valence-corrected chi connectivity index (χ3v) is 4.04.